The fourth-order valence-corrected chi connectivity index (χ4v) is 14.4. The summed E-state index contributed by atoms with van der Waals surface area (Å²) in [6.45, 7) is 23.0. The van der Waals surface area contributed by atoms with Crippen molar-refractivity contribution in [3.8, 4) is 46.8 Å². The van der Waals surface area contributed by atoms with Crippen LogP contribution in [0.15, 0.2) is 129 Å². The van der Waals surface area contributed by atoms with Crippen molar-refractivity contribution in [2.24, 2.45) is 0 Å². The summed E-state index contributed by atoms with van der Waals surface area (Å²) in [7, 11) is 3.06. The third-order valence-electron chi connectivity index (χ3n) is 23.1. The SMILES string of the molecule is C.C.CC(C)(C)OC(=O)N1CC(=CC#N)C1.CC1(C)OB(c2cn[nH]c2)OC1(C)C.CC1(C)OB(c2cnn(C3(CC#N)CCC3)c2)OC1(C)C.Cl.Clc1ncnc2[nH]ccc12.N#CCC1(n2cc(-c3ncnc4[nH]ccc34)cn2)CCC1.N#CCC1(n2cc(-c3ncnc4[nH]ccc34)cn2)CCC1.O=C1CCN(C(=O)c2ccnc(C(F)(F)F)c2F)CC1.[2H][B].[U]. The van der Waals surface area contributed by atoms with Gasteiger partial charge in [0.1, 0.15) is 52.5 Å². The molecule has 0 spiro atoms. The number of Topliss-reactive ketones (excluding diaryl/α,β-unsaturated/α-hetero) is 1. The molecule has 42 heteroatoms. The van der Waals surface area contributed by atoms with Crippen LogP contribution >= 0.6 is 24.0 Å². The summed E-state index contributed by atoms with van der Waals surface area (Å²) in [6.07, 6.45) is 33.3. The number of nitriles is 4. The number of halogens is 6. The van der Waals surface area contributed by atoms with Crippen LogP contribution in [-0.2, 0) is 50.9 Å². The number of pyridine rings is 1. The van der Waals surface area contributed by atoms with Gasteiger partial charge in [-0.3, -0.25) is 28.7 Å². The van der Waals surface area contributed by atoms with Crippen LogP contribution in [0.1, 0.15) is 197 Å². The summed E-state index contributed by atoms with van der Waals surface area (Å²) in [5.74, 6) is -2.56. The third-order valence-corrected chi connectivity index (χ3v) is 23.4. The van der Waals surface area contributed by atoms with E-state index >= 15 is 0 Å². The molecule has 4 aliphatic heterocycles. The van der Waals surface area contributed by atoms with Gasteiger partial charge in [-0.05, 0) is 165 Å². The largest absolute Gasteiger partial charge is 0.498 e. The number of ketones is 1. The maximum atomic E-state index is 13.8. The minimum Gasteiger partial charge on any atom is -0.444 e. The average molecular weight is 2000 g/mol. The zero-order valence-electron chi connectivity index (χ0n) is 71.5. The molecular weight excluding hydrogens is 1890 g/mol. The number of nitrogens with zero attached hydrogens (tertiary/aromatic N) is 20. The van der Waals surface area contributed by atoms with E-state index in [9.17, 15) is 31.9 Å². The summed E-state index contributed by atoms with van der Waals surface area (Å²) in [5.41, 5.74) is 4.49. The fraction of sp³-hybridized carbons (Fsp3) is 0.476. The Morgan fingerprint density at radius 2 is 1.03 bits per heavy atom. The van der Waals surface area contributed by atoms with Crippen LogP contribution in [0.25, 0.3) is 55.6 Å². The van der Waals surface area contributed by atoms with Crippen molar-refractivity contribution in [2.45, 2.75) is 232 Å². The molecule has 126 heavy (non-hydrogen) atoms. The molecule has 7 fully saturated rings. The van der Waals surface area contributed by atoms with Crippen LogP contribution in [0, 0.1) is 82.3 Å². The predicted molar refractivity (Wildman–Crippen MR) is 466 cm³/mol. The number of likely N-dealkylation sites (tertiary alicyclic amines) is 2. The van der Waals surface area contributed by atoms with Gasteiger partial charge in [-0.1, -0.05) is 26.5 Å². The Balaban J connectivity index is 0.000000204. The van der Waals surface area contributed by atoms with Crippen LogP contribution in [0.4, 0.5) is 22.4 Å². The third kappa shape index (κ3) is 23.0. The molecule has 11 aromatic heterocycles. The van der Waals surface area contributed by atoms with Crippen molar-refractivity contribution in [1.82, 2.24) is 99.2 Å². The Hall–Kier alpha value is -10.7. The number of piperidine rings is 1. The van der Waals surface area contributed by atoms with Gasteiger partial charge in [0.05, 0.1) is 117 Å². The Bertz CT molecular complexity index is 5540. The van der Waals surface area contributed by atoms with E-state index in [4.69, 9.17) is 57.3 Å². The first-order valence-corrected chi connectivity index (χ1v) is 39.9. The minimum absolute atomic E-state index is 0. The van der Waals surface area contributed by atoms with Crippen LogP contribution in [0.3, 0.4) is 0 Å². The van der Waals surface area contributed by atoms with Crippen LogP contribution in [0.2, 0.25) is 5.15 Å². The predicted octanol–water partition coefficient (Wildman–Crippen LogP) is 14.3. The standard InChI is InChI=1S/C15H22BN3O2.2C15H14N6.C12H10F4N2O2.C10H14N2O2.C9H15BN2O2.C6H4ClN3.2CH4.BH.ClH.U/c1-13(2)14(3,4)21-16(20-13)12-10-18-19(11-12)15(8-9-17)6-5-7-15;2*16-6-5-15(3-1-4-15)21-9-11(8-20-21)13-12-2-7-17-14(12)19-10-18-13;13-9-8(1-4-17-10(9)12(14,15)16)11(20)18-5-2-7(19)3-6-18;1-10(2,3)14-9(13)12-6-8(7-12)4-5-11;1-8(2)9(3,4)14-10(13-8)7-5-11-12-6-7;7-5-4-1-2-8-6(4)10-3-9-5;;;;;/h10-11H,5-8H2,1-4H3;2*2,7-10H,1,3-5H2,(H,17,18,19);1,4H,2-3,5-6H2;4H,6-7H2,1-3H3;5-6H,1-4H3,(H,11,12);1-3H,(H,8,9,10);2*1H4;2*1H;/i;;;;;;;;;1D;;. The summed E-state index contributed by atoms with van der Waals surface area (Å²) in [6, 6.07) is 15.5. The van der Waals surface area contributed by atoms with Crippen molar-refractivity contribution >= 4 is 108 Å². The van der Waals surface area contributed by atoms with E-state index in [2.05, 4.69) is 102 Å². The molecule has 7 aliphatic rings. The van der Waals surface area contributed by atoms with Gasteiger partial charge in [0.25, 0.3) is 5.91 Å². The minimum atomic E-state index is -4.96. The van der Waals surface area contributed by atoms with E-state index in [0.717, 1.165) is 142 Å². The van der Waals surface area contributed by atoms with Crippen molar-refractivity contribution < 1.29 is 86.4 Å². The Kier molecular flexibility index (Phi) is 33.8. The van der Waals surface area contributed by atoms with E-state index in [0.29, 0.717) is 37.5 Å². The number of aromatic nitrogens is 18. The first-order valence-electron chi connectivity index (χ1n) is 40.1. The summed E-state index contributed by atoms with van der Waals surface area (Å²) in [4.78, 5) is 74.1. The van der Waals surface area contributed by atoms with Gasteiger partial charge in [-0.15, -0.1) is 12.4 Å². The monoisotopic (exact) mass is 1990 g/mol. The second kappa shape index (κ2) is 42.3. The second-order valence-electron chi connectivity index (χ2n) is 33.5. The topological polar surface area (TPSA) is 419 Å². The molecule has 32 nitrogen and oxygen atoms in total. The molecule has 2 amide bonds. The first-order chi connectivity index (χ1) is 58.5. The van der Waals surface area contributed by atoms with Gasteiger partial charge in [-0.2, -0.15) is 54.6 Å². The second-order valence-corrected chi connectivity index (χ2v) is 33.8. The van der Waals surface area contributed by atoms with E-state index < -0.39 is 34.8 Å². The molecule has 662 valence electrons. The summed E-state index contributed by atoms with van der Waals surface area (Å²) >= 11 is 5.73. The number of allylic oxidation sites excluding steroid dienone is 1. The van der Waals surface area contributed by atoms with Crippen molar-refractivity contribution in [2.75, 3.05) is 26.2 Å². The van der Waals surface area contributed by atoms with E-state index in [1.54, 1.807) is 42.3 Å². The quantitative estimate of drug-likeness (QED) is 0.0404. The van der Waals surface area contributed by atoms with Gasteiger partial charge in [0.2, 0.25) is 0 Å². The summed E-state index contributed by atoms with van der Waals surface area (Å²) < 4.78 is 91.3. The van der Waals surface area contributed by atoms with E-state index in [1.807, 2.05) is 158 Å². The van der Waals surface area contributed by atoms with Crippen LogP contribution < -0.4 is 10.9 Å². The average Bonchev–Trinajstić information content (AvgIpc) is 1.61. The van der Waals surface area contributed by atoms with Crippen molar-refractivity contribution in [3.05, 3.63) is 151 Å². The number of hydrogen-bond acceptors (Lipinski definition) is 23. The smallest absolute Gasteiger partial charge is 0.444 e. The van der Waals surface area contributed by atoms with Crippen molar-refractivity contribution in [3.63, 3.8) is 0 Å². The molecule has 4 saturated heterocycles. The Morgan fingerprint density at radius 1 is 0.611 bits per heavy atom. The zero-order chi connectivity index (χ0) is 88.9. The molecule has 11 aromatic rings. The fourth-order valence-electron chi connectivity index (χ4n) is 14.2. The number of amides is 2. The molecule has 0 bridgehead atoms. The molecular formula is C84H103B3Cl2F4N24O8U. The van der Waals surface area contributed by atoms with Gasteiger partial charge >= 0.3 is 26.5 Å². The molecule has 4 N–H and O–H groups in total. The number of ether oxygens (including phenoxy) is 1. The molecule has 18 rings (SSSR count). The Labute approximate surface area is 767 Å². The number of carbonyl (C=O) groups is 3. The number of carbonyl (C=O) groups excluding carboxylic acids is 3. The van der Waals surface area contributed by atoms with Crippen LogP contribution in [-0.4, -0.2) is 195 Å². The molecule has 0 aromatic carbocycles. The number of H-pyrrole nitrogens is 4. The number of hydrogen-bond donors (Lipinski definition) is 4. The van der Waals surface area contributed by atoms with Gasteiger partial charge in [0.15, 0.2) is 11.5 Å². The molecule has 2 radical (unpaired) electrons. The normalized spacial score (nSPS) is 17.6. The Morgan fingerprint density at radius 3 is 1.43 bits per heavy atom. The number of aromatic amines is 4. The van der Waals surface area contributed by atoms with Gasteiger partial charge in [-0.25, -0.2) is 44.1 Å². The van der Waals surface area contributed by atoms with Gasteiger partial charge in [0, 0.05) is 179 Å². The zero-order valence-corrected chi connectivity index (χ0v) is 76.3. The molecule has 0 atom stereocenters. The summed E-state index contributed by atoms with van der Waals surface area (Å²) in [5, 5.41) is 58.9. The molecule has 15 heterocycles. The molecule has 0 unspecified atom stereocenters. The number of fused-ring (bicyclic) bond motifs is 3. The van der Waals surface area contributed by atoms with Gasteiger partial charge < -0.3 is 48.1 Å². The first kappa shape index (κ1) is 101. The van der Waals surface area contributed by atoms with E-state index in [-0.39, 0.29) is 149 Å². The van der Waals surface area contributed by atoms with E-state index in [1.165, 1.54) is 17.3 Å². The number of nitrogens with one attached hydrogen (secondary N) is 4. The molecule has 3 aliphatic carbocycles. The van der Waals surface area contributed by atoms with Crippen molar-refractivity contribution in [1.29, 1.82) is 22.4 Å². The molecule has 3 saturated carbocycles. The maximum absolute atomic E-state index is 13.8. The number of rotatable bonds is 11. The maximum Gasteiger partial charge on any atom is 0.498 e. The number of alkyl halides is 3. The van der Waals surface area contributed by atoms with Crippen LogP contribution in [0.5, 0.6) is 0 Å².